The Labute approximate surface area is 185 Å². The van der Waals surface area contributed by atoms with E-state index in [1.807, 2.05) is 36.0 Å². The van der Waals surface area contributed by atoms with Gasteiger partial charge in [-0.25, -0.2) is 14.4 Å². The summed E-state index contributed by atoms with van der Waals surface area (Å²) in [6.07, 6.45) is 9.33. The van der Waals surface area contributed by atoms with Crippen LogP contribution in [0.1, 0.15) is 44.3 Å². The number of nitrogens with zero attached hydrogens (tertiary/aromatic N) is 4. The zero-order valence-electron chi connectivity index (χ0n) is 18.3. The number of carbonyl (C=O) groups is 1. The van der Waals surface area contributed by atoms with Crippen molar-refractivity contribution in [2.24, 2.45) is 13.0 Å². The zero-order valence-corrected chi connectivity index (χ0v) is 18.3. The van der Waals surface area contributed by atoms with Crippen LogP contribution in [0.4, 0.5) is 10.2 Å². The normalized spacial score (nSPS) is 19.0. The molecule has 3 aromatic heterocycles. The maximum absolute atomic E-state index is 15.6. The van der Waals surface area contributed by atoms with Crippen LogP contribution in [0.2, 0.25) is 0 Å². The fourth-order valence-corrected chi connectivity index (χ4v) is 5.00. The summed E-state index contributed by atoms with van der Waals surface area (Å²) in [4.78, 5) is 20.4. The van der Waals surface area contributed by atoms with Gasteiger partial charge in [-0.05, 0) is 43.7 Å². The summed E-state index contributed by atoms with van der Waals surface area (Å²) in [6, 6.07) is 5.59. The molecule has 0 saturated heterocycles. The number of imidazole rings is 1. The van der Waals surface area contributed by atoms with E-state index in [-0.39, 0.29) is 17.6 Å². The van der Waals surface area contributed by atoms with E-state index in [9.17, 15) is 4.79 Å². The van der Waals surface area contributed by atoms with Crippen LogP contribution in [-0.4, -0.2) is 31.4 Å². The largest absolute Gasteiger partial charge is 0.382 e. The molecule has 1 aliphatic rings. The van der Waals surface area contributed by atoms with Gasteiger partial charge < -0.3 is 15.6 Å². The fourth-order valence-electron chi connectivity index (χ4n) is 5.00. The Morgan fingerprint density at radius 1 is 1.19 bits per heavy atom. The van der Waals surface area contributed by atoms with Crippen molar-refractivity contribution >= 4 is 28.1 Å². The molecular weight excluding hydrogens is 407 g/mol. The van der Waals surface area contributed by atoms with Crippen LogP contribution in [0, 0.1) is 11.7 Å². The molecule has 166 valence electrons. The van der Waals surface area contributed by atoms with Crippen LogP contribution in [0.25, 0.3) is 27.7 Å². The number of carbonyl (C=O) groups excluding carboxylic acids is 1. The second-order valence-electron chi connectivity index (χ2n) is 8.80. The summed E-state index contributed by atoms with van der Waals surface area (Å²) in [5.41, 5.74) is 8.42. The number of hydrogen-bond acceptors (Lipinski definition) is 4. The molecule has 0 spiro atoms. The fraction of sp³-hybridized carbons (Fsp3) is 0.375. The highest BCUT2D eigenvalue weighted by Crippen LogP contribution is 2.39. The molecule has 8 heteroatoms. The lowest BCUT2D eigenvalue weighted by atomic mass is 9.81. The Morgan fingerprint density at radius 2 is 1.97 bits per heavy atom. The van der Waals surface area contributed by atoms with Crippen molar-refractivity contribution in [3.8, 4) is 11.3 Å². The highest BCUT2D eigenvalue weighted by molar-refractivity contribution is 5.91. The topological polar surface area (TPSA) is 90.2 Å². The monoisotopic (exact) mass is 434 g/mol. The number of amides is 1. The molecule has 7 nitrogen and oxygen atoms in total. The average molecular weight is 435 g/mol. The molecule has 3 N–H and O–H groups in total. The minimum absolute atomic E-state index is 0.0104. The van der Waals surface area contributed by atoms with Crippen molar-refractivity contribution in [3.63, 3.8) is 0 Å². The summed E-state index contributed by atoms with van der Waals surface area (Å²) in [7, 11) is 1.83. The van der Waals surface area contributed by atoms with Crippen molar-refractivity contribution in [2.75, 3.05) is 12.3 Å². The van der Waals surface area contributed by atoms with Gasteiger partial charge in [0.1, 0.15) is 22.9 Å². The number of nitrogens with two attached hydrogens (primary N) is 1. The van der Waals surface area contributed by atoms with Crippen LogP contribution in [0.3, 0.4) is 0 Å². The molecule has 0 unspecified atom stereocenters. The molecule has 0 aliphatic heterocycles. The quantitative estimate of drug-likeness (QED) is 0.508. The Hall–Kier alpha value is -3.42. The van der Waals surface area contributed by atoms with Gasteiger partial charge in [0.15, 0.2) is 5.82 Å². The molecule has 0 radical (unpaired) electrons. The van der Waals surface area contributed by atoms with Gasteiger partial charge in [0.25, 0.3) is 0 Å². The van der Waals surface area contributed by atoms with E-state index in [2.05, 4.69) is 10.3 Å². The molecular formula is C24H27FN6O. The number of nitrogen functional groups attached to an aromatic ring is 1. The molecule has 0 atom stereocenters. The summed E-state index contributed by atoms with van der Waals surface area (Å²) in [5.74, 6) is 1.67. The number of aryl methyl sites for hydroxylation is 1. The van der Waals surface area contributed by atoms with Crippen LogP contribution in [0.15, 0.2) is 36.8 Å². The molecule has 1 aromatic carbocycles. The van der Waals surface area contributed by atoms with Crippen LogP contribution >= 0.6 is 0 Å². The number of aromatic nitrogens is 4. The number of anilines is 1. The Kier molecular flexibility index (Phi) is 5.07. The molecule has 1 amide bonds. The highest BCUT2D eigenvalue weighted by atomic mass is 19.1. The minimum atomic E-state index is -0.302. The van der Waals surface area contributed by atoms with Gasteiger partial charge in [0.2, 0.25) is 5.91 Å². The second kappa shape index (κ2) is 7.93. The van der Waals surface area contributed by atoms with Gasteiger partial charge in [-0.2, -0.15) is 0 Å². The Morgan fingerprint density at radius 3 is 2.72 bits per heavy atom. The molecule has 1 saturated carbocycles. The molecule has 5 rings (SSSR count). The average Bonchev–Trinajstić information content (AvgIpc) is 3.35. The van der Waals surface area contributed by atoms with E-state index >= 15 is 4.39 Å². The standard InChI is InChI=1S/C24H27FN6O/c1-14(32)28-13-15-3-5-17(6-4-15)24-29-20(22-23(26)27-10-12-31(22)24)18-8-7-16-9-11-30(2)21(16)19(18)25/h7-12,15,17H,3-6,13H2,1-2H3,(H2,26,27)(H,28,32)/t15-,17-. The molecule has 4 aromatic rings. The first-order valence-electron chi connectivity index (χ1n) is 11.0. The van der Waals surface area contributed by atoms with Crippen LogP contribution in [-0.2, 0) is 11.8 Å². The molecule has 0 bridgehead atoms. The van der Waals surface area contributed by atoms with Crippen molar-refractivity contribution in [1.82, 2.24) is 24.3 Å². The molecule has 1 aliphatic carbocycles. The number of nitrogens with one attached hydrogen (secondary N) is 1. The number of fused-ring (bicyclic) bond motifs is 2. The van der Waals surface area contributed by atoms with Gasteiger partial charge in [0.05, 0.1) is 5.52 Å². The molecule has 3 heterocycles. The third-order valence-corrected chi connectivity index (χ3v) is 6.69. The van der Waals surface area contributed by atoms with E-state index < -0.39 is 0 Å². The summed E-state index contributed by atoms with van der Waals surface area (Å²) in [6.45, 7) is 2.27. The van der Waals surface area contributed by atoms with Crippen molar-refractivity contribution in [1.29, 1.82) is 0 Å². The lowest BCUT2D eigenvalue weighted by Gasteiger charge is -2.27. The zero-order chi connectivity index (χ0) is 22.4. The number of hydrogen-bond donors (Lipinski definition) is 2. The summed E-state index contributed by atoms with van der Waals surface area (Å²) >= 11 is 0. The maximum atomic E-state index is 15.6. The van der Waals surface area contributed by atoms with Crippen molar-refractivity contribution in [3.05, 3.63) is 48.4 Å². The maximum Gasteiger partial charge on any atom is 0.216 e. The van der Waals surface area contributed by atoms with Crippen LogP contribution in [0.5, 0.6) is 0 Å². The second-order valence-corrected chi connectivity index (χ2v) is 8.80. The first kappa shape index (κ1) is 20.5. The highest BCUT2D eigenvalue weighted by Gasteiger charge is 2.28. The van der Waals surface area contributed by atoms with Gasteiger partial charge in [0, 0.05) is 56.0 Å². The smallest absolute Gasteiger partial charge is 0.216 e. The van der Waals surface area contributed by atoms with Gasteiger partial charge in [-0.3, -0.25) is 9.20 Å². The number of benzene rings is 1. The SMILES string of the molecule is CC(=O)NC[C@H]1CC[C@H](c2nc(-c3ccc4ccn(C)c4c3F)c3c(N)nccn32)CC1. The lowest BCUT2D eigenvalue weighted by molar-refractivity contribution is -0.119. The number of halogens is 1. The lowest BCUT2D eigenvalue weighted by Crippen LogP contribution is -2.29. The predicted molar refractivity (Wildman–Crippen MR) is 123 cm³/mol. The first-order valence-corrected chi connectivity index (χ1v) is 11.0. The Balaban J connectivity index is 1.55. The Bertz CT molecular complexity index is 1320. The number of rotatable bonds is 4. The minimum Gasteiger partial charge on any atom is -0.382 e. The van der Waals surface area contributed by atoms with E-state index in [0.717, 1.165) is 36.9 Å². The van der Waals surface area contributed by atoms with Gasteiger partial charge in [-0.1, -0.05) is 6.07 Å². The van der Waals surface area contributed by atoms with Gasteiger partial charge >= 0.3 is 0 Å². The summed E-state index contributed by atoms with van der Waals surface area (Å²) in [5, 5.41) is 3.78. The van der Waals surface area contributed by atoms with Crippen molar-refractivity contribution < 1.29 is 9.18 Å². The summed E-state index contributed by atoms with van der Waals surface area (Å²) < 4.78 is 19.4. The van der Waals surface area contributed by atoms with E-state index in [4.69, 9.17) is 10.7 Å². The first-order chi connectivity index (χ1) is 15.4. The van der Waals surface area contributed by atoms with E-state index in [0.29, 0.717) is 40.6 Å². The third kappa shape index (κ3) is 3.39. The molecule has 32 heavy (non-hydrogen) atoms. The molecule has 1 fully saturated rings. The van der Waals surface area contributed by atoms with E-state index in [1.165, 1.54) is 0 Å². The van der Waals surface area contributed by atoms with Crippen molar-refractivity contribution in [2.45, 2.75) is 38.5 Å². The van der Waals surface area contributed by atoms with E-state index in [1.54, 1.807) is 23.8 Å². The van der Waals surface area contributed by atoms with Gasteiger partial charge in [-0.15, -0.1) is 0 Å². The predicted octanol–water partition coefficient (Wildman–Crippen LogP) is 4.02. The third-order valence-electron chi connectivity index (χ3n) is 6.69. The van der Waals surface area contributed by atoms with Crippen LogP contribution < -0.4 is 11.1 Å².